The fourth-order valence-corrected chi connectivity index (χ4v) is 4.90. The maximum absolute atomic E-state index is 14.3. The van der Waals surface area contributed by atoms with Gasteiger partial charge >= 0.3 is 12.4 Å². The number of benzene rings is 2. The summed E-state index contributed by atoms with van der Waals surface area (Å²) in [5.74, 6) is 0. The first-order chi connectivity index (χ1) is 12.6. The minimum absolute atomic E-state index is 0.294. The van der Waals surface area contributed by atoms with E-state index in [1.54, 1.807) is 0 Å². The van der Waals surface area contributed by atoms with Crippen LogP contribution in [-0.4, -0.2) is 20.8 Å². The summed E-state index contributed by atoms with van der Waals surface area (Å²) in [4.78, 5) is -2.72. The van der Waals surface area contributed by atoms with Crippen LogP contribution in [0.3, 0.4) is 0 Å². The van der Waals surface area contributed by atoms with E-state index in [0.29, 0.717) is 0 Å². The van der Waals surface area contributed by atoms with Gasteiger partial charge in [0.25, 0.3) is 20.0 Å². The highest BCUT2D eigenvalue weighted by molar-refractivity contribution is 8.03. The predicted molar refractivity (Wildman–Crippen MR) is 80.2 cm³/mol. The Morgan fingerprint density at radius 2 is 1.04 bits per heavy atom. The van der Waals surface area contributed by atoms with Crippen LogP contribution in [0.15, 0.2) is 58.3 Å². The van der Waals surface area contributed by atoms with Crippen LogP contribution < -0.4 is 0 Å². The molecule has 2 aromatic carbocycles. The normalized spacial score (nSPS) is 13.7. The van der Waals surface area contributed by atoms with E-state index in [-0.39, 0.29) is 18.2 Å². The average Bonchev–Trinajstić information content (AvgIpc) is 2.59. The van der Waals surface area contributed by atoms with Gasteiger partial charge < -0.3 is 0 Å². The van der Waals surface area contributed by atoms with Crippen LogP contribution in [-0.2, 0) is 32.4 Å². The summed E-state index contributed by atoms with van der Waals surface area (Å²) in [5, 5.41) is 0. The topological polar surface area (TPSA) is 71.5 Å². The van der Waals surface area contributed by atoms with E-state index in [0.717, 1.165) is 24.3 Å². The number of hydrogen-bond donors (Lipinski definition) is 0. The number of halogens is 7. The first kappa shape index (κ1) is 22.1. The van der Waals surface area contributed by atoms with E-state index in [1.807, 2.05) is 0 Å². The molecule has 0 spiro atoms. The van der Waals surface area contributed by atoms with Crippen LogP contribution in [0.25, 0.3) is 0 Å². The van der Waals surface area contributed by atoms with Gasteiger partial charge in [-0.25, -0.2) is 16.8 Å². The molecular formula is C14H8F7NO4S2. The standard InChI is InChI=1S/C14H8F7NO4S2/c15-13(16,17)9-6-10(14(18,19)20)8-12(7-9)28(25,26)22(21)27(23,24)11-4-2-1-3-5-11/h1-8H. The molecule has 0 unspecified atom stereocenters. The van der Waals surface area contributed by atoms with Gasteiger partial charge in [-0.3, -0.25) is 0 Å². The average molecular weight is 451 g/mol. The molecule has 0 amide bonds. The molecule has 2 aromatic rings. The highest BCUT2D eigenvalue weighted by atomic mass is 32.3. The van der Waals surface area contributed by atoms with Crippen LogP contribution in [0.1, 0.15) is 11.1 Å². The van der Waals surface area contributed by atoms with Crippen molar-refractivity contribution in [3.05, 3.63) is 59.7 Å². The SMILES string of the molecule is O=S(=O)(c1ccccc1)N(F)S(=O)(=O)c1cc(C(F)(F)F)cc(C(F)(F)F)c1. The molecule has 0 bridgehead atoms. The molecule has 0 saturated heterocycles. The van der Waals surface area contributed by atoms with Crippen LogP contribution in [0.5, 0.6) is 0 Å². The molecule has 154 valence electrons. The molecule has 0 aliphatic rings. The molecule has 0 aromatic heterocycles. The molecule has 0 saturated carbocycles. The predicted octanol–water partition coefficient (Wildman–Crippen LogP) is 3.99. The Balaban J connectivity index is 2.68. The maximum atomic E-state index is 14.3. The second-order valence-electron chi connectivity index (χ2n) is 5.22. The van der Waals surface area contributed by atoms with Crippen LogP contribution in [0, 0.1) is 0 Å². The van der Waals surface area contributed by atoms with Gasteiger partial charge in [-0.15, -0.1) is 4.48 Å². The molecule has 0 heterocycles. The van der Waals surface area contributed by atoms with Crippen molar-refractivity contribution in [2.24, 2.45) is 0 Å². The summed E-state index contributed by atoms with van der Waals surface area (Å²) in [6.07, 6.45) is -10.8. The second-order valence-corrected chi connectivity index (χ2v) is 8.93. The monoisotopic (exact) mass is 451 g/mol. The Bertz CT molecular complexity index is 1050. The molecule has 0 aliphatic carbocycles. The van der Waals surface area contributed by atoms with E-state index in [4.69, 9.17) is 0 Å². The Kier molecular flexibility index (Phi) is 5.53. The van der Waals surface area contributed by atoms with E-state index >= 15 is 0 Å². The van der Waals surface area contributed by atoms with Crippen molar-refractivity contribution in [2.45, 2.75) is 22.1 Å². The lowest BCUT2D eigenvalue weighted by Crippen LogP contribution is -2.30. The zero-order chi connectivity index (χ0) is 21.5. The van der Waals surface area contributed by atoms with E-state index in [1.165, 1.54) is 6.07 Å². The molecule has 0 N–H and O–H groups in total. The van der Waals surface area contributed by atoms with Crippen LogP contribution >= 0.6 is 0 Å². The van der Waals surface area contributed by atoms with Crippen molar-refractivity contribution in [2.75, 3.05) is 0 Å². The zero-order valence-electron chi connectivity index (χ0n) is 13.2. The quantitative estimate of drug-likeness (QED) is 0.521. The largest absolute Gasteiger partial charge is 0.416 e. The van der Waals surface area contributed by atoms with Gasteiger partial charge in [-0.2, -0.15) is 26.3 Å². The summed E-state index contributed by atoms with van der Waals surface area (Å²) in [6, 6.07) is 4.09. The second kappa shape index (κ2) is 7.00. The summed E-state index contributed by atoms with van der Waals surface area (Å²) in [7, 11) is -11.4. The summed E-state index contributed by atoms with van der Waals surface area (Å²) >= 11 is 0. The molecule has 2 rings (SSSR count). The van der Waals surface area contributed by atoms with E-state index < -0.39 is 57.2 Å². The lowest BCUT2D eigenvalue weighted by molar-refractivity contribution is -0.143. The zero-order valence-corrected chi connectivity index (χ0v) is 14.8. The van der Waals surface area contributed by atoms with Crippen LogP contribution in [0.4, 0.5) is 30.8 Å². The molecule has 0 radical (unpaired) electrons. The molecule has 28 heavy (non-hydrogen) atoms. The molecule has 5 nitrogen and oxygen atoms in total. The molecule has 0 fully saturated rings. The maximum Gasteiger partial charge on any atom is 0.416 e. The van der Waals surface area contributed by atoms with E-state index in [2.05, 4.69) is 0 Å². The first-order valence-electron chi connectivity index (χ1n) is 6.89. The number of nitrogens with zero attached hydrogens (tertiary/aromatic N) is 1. The van der Waals surface area contributed by atoms with Gasteiger partial charge in [-0.1, -0.05) is 18.2 Å². The first-order valence-corrected chi connectivity index (χ1v) is 9.77. The molecule has 14 heteroatoms. The summed E-state index contributed by atoms with van der Waals surface area (Å²) < 4.78 is 138. The fourth-order valence-electron chi connectivity index (χ4n) is 1.96. The van der Waals surface area contributed by atoms with Crippen molar-refractivity contribution < 1.29 is 47.7 Å². The minimum atomic E-state index is -5.93. The third-order valence-electron chi connectivity index (χ3n) is 3.28. The highest BCUT2D eigenvalue weighted by Gasteiger charge is 2.42. The van der Waals surface area contributed by atoms with Crippen molar-refractivity contribution in [1.82, 2.24) is 3.93 Å². The number of alkyl halides is 6. The van der Waals surface area contributed by atoms with Crippen molar-refractivity contribution in [3.8, 4) is 0 Å². The van der Waals surface area contributed by atoms with Gasteiger partial charge in [0.2, 0.25) is 0 Å². The Morgan fingerprint density at radius 1 is 0.643 bits per heavy atom. The van der Waals surface area contributed by atoms with Gasteiger partial charge in [0.1, 0.15) is 0 Å². The Morgan fingerprint density at radius 3 is 1.43 bits per heavy atom. The van der Waals surface area contributed by atoms with Gasteiger partial charge in [0.05, 0.1) is 24.9 Å². The lowest BCUT2D eigenvalue weighted by Gasteiger charge is -2.17. The van der Waals surface area contributed by atoms with Crippen molar-refractivity contribution in [3.63, 3.8) is 0 Å². The Labute approximate surface area is 154 Å². The minimum Gasteiger partial charge on any atom is -0.203 e. The molecular weight excluding hydrogens is 443 g/mol. The van der Waals surface area contributed by atoms with Crippen molar-refractivity contribution >= 4 is 20.0 Å². The van der Waals surface area contributed by atoms with Crippen LogP contribution in [0.2, 0.25) is 0 Å². The summed E-state index contributed by atoms with van der Waals surface area (Å²) in [6.45, 7) is 0. The summed E-state index contributed by atoms with van der Waals surface area (Å²) in [5.41, 5.74) is -4.10. The lowest BCUT2D eigenvalue weighted by atomic mass is 10.1. The third-order valence-corrected chi connectivity index (χ3v) is 6.91. The van der Waals surface area contributed by atoms with Gasteiger partial charge in [0, 0.05) is 0 Å². The number of rotatable bonds is 4. The van der Waals surface area contributed by atoms with Crippen molar-refractivity contribution in [1.29, 1.82) is 0 Å². The molecule has 0 aliphatic heterocycles. The van der Waals surface area contributed by atoms with E-state index in [9.17, 15) is 47.7 Å². The van der Waals surface area contributed by atoms with Gasteiger partial charge in [-0.05, 0) is 30.3 Å². The number of hydrogen-bond acceptors (Lipinski definition) is 4. The number of sulfonamides is 2. The Hall–Kier alpha value is -2.19. The smallest absolute Gasteiger partial charge is 0.203 e. The fraction of sp³-hybridized carbons (Fsp3) is 0.143. The highest BCUT2D eigenvalue weighted by Crippen LogP contribution is 2.38. The molecule has 0 atom stereocenters. The third kappa shape index (κ3) is 4.28. The van der Waals surface area contributed by atoms with Gasteiger partial charge in [0.15, 0.2) is 0 Å².